The van der Waals surface area contributed by atoms with E-state index in [2.05, 4.69) is 6.92 Å². The van der Waals surface area contributed by atoms with Crippen molar-refractivity contribution in [1.82, 2.24) is 0 Å². The average Bonchev–Trinajstić information content (AvgIpc) is 1.89. The molecule has 0 aromatic heterocycles. The van der Waals surface area contributed by atoms with E-state index in [9.17, 15) is 4.79 Å². The molecule has 11 heavy (non-hydrogen) atoms. The fourth-order valence-electron chi connectivity index (χ4n) is 0.752. The van der Waals surface area contributed by atoms with Crippen LogP contribution in [0.1, 0.15) is 39.5 Å². The summed E-state index contributed by atoms with van der Waals surface area (Å²) < 4.78 is 4.75. The summed E-state index contributed by atoms with van der Waals surface area (Å²) in [6.07, 6.45) is 3.83. The van der Waals surface area contributed by atoms with Crippen LogP contribution in [0.5, 0.6) is 0 Å². The quantitative estimate of drug-likeness (QED) is 0.379. The molecule has 0 unspecified atom stereocenters. The fraction of sp³-hybridized carbons (Fsp3) is 0.875. The Bertz CT molecular complexity index is 94.1. The van der Waals surface area contributed by atoms with E-state index in [-0.39, 0.29) is 27.7 Å². The summed E-state index contributed by atoms with van der Waals surface area (Å²) in [4.78, 5) is 10.7. The van der Waals surface area contributed by atoms with Gasteiger partial charge in [-0.3, -0.25) is 4.79 Å². The summed E-state index contributed by atoms with van der Waals surface area (Å²) in [7, 11) is 0. The Morgan fingerprint density at radius 1 is 1.27 bits per heavy atom. The van der Waals surface area contributed by atoms with E-state index in [1.165, 1.54) is 0 Å². The van der Waals surface area contributed by atoms with Crippen molar-refractivity contribution in [3.8, 4) is 0 Å². The van der Waals surface area contributed by atoms with E-state index >= 15 is 0 Å². The van der Waals surface area contributed by atoms with Gasteiger partial charge in [0.1, 0.15) is 0 Å². The molecule has 0 bridgehead atoms. The minimum atomic E-state index is -0.0593. The molecule has 0 aliphatic carbocycles. The van der Waals surface area contributed by atoms with Crippen molar-refractivity contribution in [1.29, 1.82) is 0 Å². The molecule has 0 N–H and O–H groups in total. The minimum Gasteiger partial charge on any atom is -0.466 e. The molecule has 0 rings (SSSR count). The fourth-order valence-corrected chi connectivity index (χ4v) is 0.752. The van der Waals surface area contributed by atoms with Crippen molar-refractivity contribution < 1.29 is 31.2 Å². The molecule has 0 aliphatic heterocycles. The van der Waals surface area contributed by atoms with E-state index < -0.39 is 0 Å². The van der Waals surface area contributed by atoms with Gasteiger partial charge in [0.15, 0.2) is 0 Å². The summed E-state index contributed by atoms with van der Waals surface area (Å²) in [5, 5.41) is 0. The topological polar surface area (TPSA) is 26.3 Å². The predicted octanol–water partition coefficient (Wildman–Crippen LogP) is 2.13. The first-order chi connectivity index (χ1) is 4.81. The van der Waals surface area contributed by atoms with Crippen LogP contribution < -0.4 is 0 Å². The molecule has 0 fully saturated rings. The SMILES string of the molecule is CCCCCC(=O)OCC.[Ti+4]. The van der Waals surface area contributed by atoms with E-state index in [4.69, 9.17) is 4.74 Å². The molecule has 0 saturated carbocycles. The zero-order valence-electron chi connectivity index (χ0n) is 7.35. The van der Waals surface area contributed by atoms with Gasteiger partial charge in [-0.2, -0.15) is 0 Å². The predicted molar refractivity (Wildman–Crippen MR) is 40.8 cm³/mol. The summed E-state index contributed by atoms with van der Waals surface area (Å²) in [6, 6.07) is 0. The maximum atomic E-state index is 10.7. The van der Waals surface area contributed by atoms with Gasteiger partial charge in [0.25, 0.3) is 0 Å². The smallest absolute Gasteiger partial charge is 0.466 e. The van der Waals surface area contributed by atoms with Crippen LogP contribution in [0.25, 0.3) is 0 Å². The number of unbranched alkanes of at least 4 members (excludes halogenated alkanes) is 2. The number of rotatable bonds is 5. The van der Waals surface area contributed by atoms with Crippen molar-refractivity contribution in [2.75, 3.05) is 6.61 Å². The van der Waals surface area contributed by atoms with Gasteiger partial charge in [-0.25, -0.2) is 0 Å². The van der Waals surface area contributed by atoms with Crippen LogP contribution in [0, 0.1) is 0 Å². The van der Waals surface area contributed by atoms with Gasteiger partial charge in [-0.15, -0.1) is 0 Å². The third-order valence-electron chi connectivity index (χ3n) is 1.29. The summed E-state index contributed by atoms with van der Waals surface area (Å²) in [5.41, 5.74) is 0. The number of esters is 1. The van der Waals surface area contributed by atoms with Gasteiger partial charge in [0.05, 0.1) is 6.61 Å². The largest absolute Gasteiger partial charge is 4.00 e. The van der Waals surface area contributed by atoms with Crippen LogP contribution in [0.3, 0.4) is 0 Å². The molecule has 2 nitrogen and oxygen atoms in total. The van der Waals surface area contributed by atoms with Crippen molar-refractivity contribution in [2.24, 2.45) is 0 Å². The van der Waals surface area contributed by atoms with Crippen LogP contribution in [-0.4, -0.2) is 12.6 Å². The second-order valence-electron chi connectivity index (χ2n) is 2.26. The molecule has 0 spiro atoms. The Hall–Kier alpha value is 0.184. The van der Waals surface area contributed by atoms with Crippen LogP contribution >= 0.6 is 0 Å². The molecular weight excluding hydrogens is 176 g/mol. The Morgan fingerprint density at radius 3 is 2.36 bits per heavy atom. The number of ether oxygens (including phenoxy) is 1. The first kappa shape index (κ1) is 13.8. The maximum Gasteiger partial charge on any atom is 4.00 e. The van der Waals surface area contributed by atoms with Crippen LogP contribution in [0.2, 0.25) is 0 Å². The van der Waals surface area contributed by atoms with Gasteiger partial charge >= 0.3 is 27.7 Å². The van der Waals surface area contributed by atoms with Gasteiger partial charge in [0, 0.05) is 6.42 Å². The van der Waals surface area contributed by atoms with Crippen molar-refractivity contribution >= 4 is 5.97 Å². The van der Waals surface area contributed by atoms with Gasteiger partial charge in [-0.05, 0) is 13.3 Å². The normalized spacial score (nSPS) is 8.55. The number of carbonyl (C=O) groups is 1. The van der Waals surface area contributed by atoms with E-state index in [0.717, 1.165) is 19.3 Å². The molecule has 0 aliphatic rings. The van der Waals surface area contributed by atoms with E-state index in [0.29, 0.717) is 13.0 Å². The maximum absolute atomic E-state index is 10.7. The van der Waals surface area contributed by atoms with Crippen LogP contribution in [0.15, 0.2) is 0 Å². The Morgan fingerprint density at radius 2 is 1.91 bits per heavy atom. The van der Waals surface area contributed by atoms with Gasteiger partial charge in [0.2, 0.25) is 0 Å². The Balaban J connectivity index is 0. The van der Waals surface area contributed by atoms with E-state index in [1.807, 2.05) is 6.92 Å². The molecule has 0 atom stereocenters. The standard InChI is InChI=1S/C8H16O2.Ti/c1-3-5-6-7-8(9)10-4-2;/h3-7H2,1-2H3;/q;+4. The van der Waals surface area contributed by atoms with Crippen molar-refractivity contribution in [3.63, 3.8) is 0 Å². The molecular formula is C8H16O2Ti+4. The monoisotopic (exact) mass is 192 g/mol. The first-order valence-corrected chi connectivity index (χ1v) is 3.96. The average molecular weight is 192 g/mol. The van der Waals surface area contributed by atoms with Crippen molar-refractivity contribution in [3.05, 3.63) is 0 Å². The molecule has 0 heterocycles. The molecule has 3 heteroatoms. The minimum absolute atomic E-state index is 0. The van der Waals surface area contributed by atoms with Crippen LogP contribution in [0.4, 0.5) is 0 Å². The third-order valence-corrected chi connectivity index (χ3v) is 1.29. The molecule has 0 saturated heterocycles. The van der Waals surface area contributed by atoms with E-state index in [1.54, 1.807) is 0 Å². The molecule has 60 valence electrons. The Labute approximate surface area is 83.6 Å². The molecule has 0 aromatic carbocycles. The van der Waals surface area contributed by atoms with Gasteiger partial charge < -0.3 is 4.74 Å². The second-order valence-corrected chi connectivity index (χ2v) is 2.26. The first-order valence-electron chi connectivity index (χ1n) is 3.96. The molecule has 0 radical (unpaired) electrons. The molecule has 0 aromatic rings. The Kier molecular flexibility index (Phi) is 12.7. The molecule has 0 amide bonds. The van der Waals surface area contributed by atoms with Crippen LogP contribution in [-0.2, 0) is 31.2 Å². The summed E-state index contributed by atoms with van der Waals surface area (Å²) in [5.74, 6) is -0.0593. The summed E-state index contributed by atoms with van der Waals surface area (Å²) >= 11 is 0. The number of hydrogen-bond donors (Lipinski definition) is 0. The third kappa shape index (κ3) is 10.2. The van der Waals surface area contributed by atoms with Gasteiger partial charge in [-0.1, -0.05) is 19.8 Å². The zero-order chi connectivity index (χ0) is 7.82. The zero-order valence-corrected chi connectivity index (χ0v) is 8.91. The van der Waals surface area contributed by atoms with Crippen molar-refractivity contribution in [2.45, 2.75) is 39.5 Å². The summed E-state index contributed by atoms with van der Waals surface area (Å²) in [6.45, 7) is 4.45. The number of carbonyl (C=O) groups excluding carboxylic acids is 1. The second kappa shape index (κ2) is 10.2. The number of hydrogen-bond acceptors (Lipinski definition) is 2.